The third-order valence-electron chi connectivity index (χ3n) is 4.92. The quantitative estimate of drug-likeness (QED) is 0.839. The summed E-state index contributed by atoms with van der Waals surface area (Å²) in [5, 5.41) is 3.53. The molecular weight excluding hydrogens is 249 g/mol. The summed E-state index contributed by atoms with van der Waals surface area (Å²) in [6, 6.07) is 9.18. The van der Waals surface area contributed by atoms with E-state index in [-0.39, 0.29) is 18.3 Å². The molecule has 1 N–H and O–H groups in total. The van der Waals surface area contributed by atoms with Crippen LogP contribution in [-0.2, 0) is 9.31 Å². The van der Waals surface area contributed by atoms with Gasteiger partial charge in [0.1, 0.15) is 0 Å². The van der Waals surface area contributed by atoms with Gasteiger partial charge in [0.2, 0.25) is 0 Å². The Hall–Kier alpha value is -0.835. The fourth-order valence-electron chi connectivity index (χ4n) is 2.83. The first kappa shape index (κ1) is 14.1. The lowest BCUT2D eigenvalue weighted by molar-refractivity contribution is 0.00578. The van der Waals surface area contributed by atoms with E-state index in [1.54, 1.807) is 0 Å². The predicted molar refractivity (Wildman–Crippen MR) is 82.1 cm³/mol. The molecular formula is C16H24BNO2. The summed E-state index contributed by atoms with van der Waals surface area (Å²) in [6.07, 6.45) is 2.50. The van der Waals surface area contributed by atoms with Crippen LogP contribution in [-0.4, -0.2) is 24.9 Å². The molecule has 20 heavy (non-hydrogen) atoms. The van der Waals surface area contributed by atoms with Gasteiger partial charge in [-0.2, -0.15) is 0 Å². The zero-order chi connectivity index (χ0) is 14.4. The third-order valence-corrected chi connectivity index (χ3v) is 4.92. The number of nitrogens with one attached hydrogen (secondary N) is 1. The maximum atomic E-state index is 6.08. The Morgan fingerprint density at radius 3 is 2.15 bits per heavy atom. The standard InChI is InChI=1S/C16H24BNO2/c1-15(2)16(3,4)20-17(19-15)13-9-7-12(8-10-13)14-6-5-11-18-14/h7-10,14,18H,5-6,11H2,1-4H3. The molecule has 0 spiro atoms. The van der Waals surface area contributed by atoms with Gasteiger partial charge in [-0.1, -0.05) is 24.3 Å². The second-order valence-electron chi connectivity index (χ2n) is 6.90. The molecule has 2 aliphatic rings. The van der Waals surface area contributed by atoms with Gasteiger partial charge in [-0.05, 0) is 58.1 Å². The molecule has 0 aliphatic carbocycles. The molecule has 2 saturated heterocycles. The smallest absolute Gasteiger partial charge is 0.399 e. The molecule has 4 heteroatoms. The zero-order valence-electron chi connectivity index (χ0n) is 12.9. The van der Waals surface area contributed by atoms with Crippen LogP contribution in [0.2, 0.25) is 0 Å². The van der Waals surface area contributed by atoms with Crippen LogP contribution in [0.4, 0.5) is 0 Å². The molecule has 2 heterocycles. The highest BCUT2D eigenvalue weighted by Gasteiger charge is 2.51. The van der Waals surface area contributed by atoms with E-state index in [9.17, 15) is 0 Å². The van der Waals surface area contributed by atoms with Gasteiger partial charge in [-0.25, -0.2) is 0 Å². The van der Waals surface area contributed by atoms with Crippen LogP contribution in [0.15, 0.2) is 24.3 Å². The Morgan fingerprint density at radius 1 is 1.05 bits per heavy atom. The van der Waals surface area contributed by atoms with Gasteiger partial charge in [0.25, 0.3) is 0 Å². The Kier molecular flexibility index (Phi) is 3.43. The Morgan fingerprint density at radius 2 is 1.65 bits per heavy atom. The summed E-state index contributed by atoms with van der Waals surface area (Å²) in [5.74, 6) is 0. The van der Waals surface area contributed by atoms with E-state index in [4.69, 9.17) is 9.31 Å². The molecule has 3 rings (SSSR count). The summed E-state index contributed by atoms with van der Waals surface area (Å²) in [6.45, 7) is 9.48. The molecule has 0 radical (unpaired) electrons. The van der Waals surface area contributed by atoms with E-state index in [1.807, 2.05) is 0 Å². The number of hydrogen-bond acceptors (Lipinski definition) is 3. The molecule has 2 aliphatic heterocycles. The van der Waals surface area contributed by atoms with Crippen molar-refractivity contribution in [3.8, 4) is 0 Å². The van der Waals surface area contributed by atoms with Gasteiger partial charge in [0.05, 0.1) is 11.2 Å². The fourth-order valence-corrected chi connectivity index (χ4v) is 2.83. The average Bonchev–Trinajstić information content (AvgIpc) is 2.97. The maximum Gasteiger partial charge on any atom is 0.494 e. The van der Waals surface area contributed by atoms with Gasteiger partial charge in [0, 0.05) is 6.04 Å². The van der Waals surface area contributed by atoms with Crippen LogP contribution in [0.25, 0.3) is 0 Å². The van der Waals surface area contributed by atoms with Crippen LogP contribution < -0.4 is 10.8 Å². The Labute approximate surface area is 122 Å². The molecule has 1 aromatic carbocycles. The minimum atomic E-state index is -0.274. The van der Waals surface area contributed by atoms with Gasteiger partial charge < -0.3 is 14.6 Å². The van der Waals surface area contributed by atoms with Gasteiger partial charge in [0.15, 0.2) is 0 Å². The van der Waals surface area contributed by atoms with Crippen molar-refractivity contribution in [2.75, 3.05) is 6.54 Å². The minimum Gasteiger partial charge on any atom is -0.399 e. The first-order valence-corrected chi connectivity index (χ1v) is 7.58. The molecule has 108 valence electrons. The van der Waals surface area contributed by atoms with Crippen molar-refractivity contribution >= 4 is 12.6 Å². The lowest BCUT2D eigenvalue weighted by Crippen LogP contribution is -2.41. The number of hydrogen-bond donors (Lipinski definition) is 1. The van der Waals surface area contributed by atoms with E-state index >= 15 is 0 Å². The first-order chi connectivity index (χ1) is 9.39. The first-order valence-electron chi connectivity index (χ1n) is 7.58. The lowest BCUT2D eigenvalue weighted by Gasteiger charge is -2.32. The summed E-state index contributed by atoms with van der Waals surface area (Å²) in [7, 11) is -0.259. The fraction of sp³-hybridized carbons (Fsp3) is 0.625. The van der Waals surface area contributed by atoms with Crippen molar-refractivity contribution in [1.29, 1.82) is 0 Å². The van der Waals surface area contributed by atoms with E-state index in [0.29, 0.717) is 6.04 Å². The number of benzene rings is 1. The highest BCUT2D eigenvalue weighted by molar-refractivity contribution is 6.62. The van der Waals surface area contributed by atoms with Gasteiger partial charge in [-0.15, -0.1) is 0 Å². The molecule has 0 aromatic heterocycles. The summed E-state index contributed by atoms with van der Waals surface area (Å²) in [4.78, 5) is 0. The van der Waals surface area contributed by atoms with E-state index in [2.05, 4.69) is 57.3 Å². The average molecular weight is 273 g/mol. The van der Waals surface area contributed by atoms with Gasteiger partial charge in [-0.3, -0.25) is 0 Å². The molecule has 0 bridgehead atoms. The second-order valence-corrected chi connectivity index (χ2v) is 6.90. The molecule has 0 amide bonds. The van der Waals surface area contributed by atoms with Crippen LogP contribution in [0.5, 0.6) is 0 Å². The molecule has 3 nitrogen and oxygen atoms in total. The molecule has 1 atom stereocenters. The summed E-state index contributed by atoms with van der Waals surface area (Å²) < 4.78 is 12.2. The van der Waals surface area contributed by atoms with E-state index in [1.165, 1.54) is 18.4 Å². The number of rotatable bonds is 2. The monoisotopic (exact) mass is 273 g/mol. The highest BCUT2D eigenvalue weighted by Crippen LogP contribution is 2.36. The molecule has 1 unspecified atom stereocenters. The SMILES string of the molecule is CC1(C)OB(c2ccc(C3CCCN3)cc2)OC1(C)C. The van der Waals surface area contributed by atoms with Crippen molar-refractivity contribution < 1.29 is 9.31 Å². The normalized spacial score (nSPS) is 28.0. The Balaban J connectivity index is 1.75. The molecule has 0 saturated carbocycles. The topological polar surface area (TPSA) is 30.5 Å². The van der Waals surface area contributed by atoms with Crippen molar-refractivity contribution in [3.05, 3.63) is 29.8 Å². The summed E-state index contributed by atoms with van der Waals surface area (Å²) >= 11 is 0. The lowest BCUT2D eigenvalue weighted by atomic mass is 9.78. The zero-order valence-corrected chi connectivity index (χ0v) is 12.9. The van der Waals surface area contributed by atoms with Gasteiger partial charge >= 0.3 is 7.12 Å². The third kappa shape index (κ3) is 2.41. The van der Waals surface area contributed by atoms with Crippen LogP contribution >= 0.6 is 0 Å². The van der Waals surface area contributed by atoms with E-state index in [0.717, 1.165) is 12.0 Å². The summed E-state index contributed by atoms with van der Waals surface area (Å²) in [5.41, 5.74) is 1.92. The largest absolute Gasteiger partial charge is 0.494 e. The Bertz CT molecular complexity index is 462. The van der Waals surface area contributed by atoms with E-state index < -0.39 is 0 Å². The minimum absolute atomic E-state index is 0.259. The van der Waals surface area contributed by atoms with Crippen LogP contribution in [0, 0.1) is 0 Å². The molecule has 1 aromatic rings. The van der Waals surface area contributed by atoms with Crippen molar-refractivity contribution in [3.63, 3.8) is 0 Å². The van der Waals surface area contributed by atoms with Crippen molar-refractivity contribution in [1.82, 2.24) is 5.32 Å². The van der Waals surface area contributed by atoms with Crippen molar-refractivity contribution in [2.24, 2.45) is 0 Å². The maximum absolute atomic E-state index is 6.08. The van der Waals surface area contributed by atoms with Crippen molar-refractivity contribution in [2.45, 2.75) is 57.8 Å². The van der Waals surface area contributed by atoms with Crippen LogP contribution in [0.1, 0.15) is 52.1 Å². The second kappa shape index (κ2) is 4.87. The van der Waals surface area contributed by atoms with Crippen LogP contribution in [0.3, 0.4) is 0 Å². The highest BCUT2D eigenvalue weighted by atomic mass is 16.7. The molecule has 2 fully saturated rings. The predicted octanol–water partition coefficient (Wildman–Crippen LogP) is 2.41.